The maximum absolute atomic E-state index is 13.7. The van der Waals surface area contributed by atoms with Crippen LogP contribution in [-0.2, 0) is 9.53 Å². The van der Waals surface area contributed by atoms with Crippen molar-refractivity contribution in [2.45, 2.75) is 26.1 Å². The number of nitrogens with zero attached hydrogens (tertiary/aromatic N) is 1. The highest BCUT2D eigenvalue weighted by molar-refractivity contribution is 5.85. The molecule has 0 saturated carbocycles. The molecule has 1 rings (SSSR count). The Balaban J connectivity index is 0.00000361. The number of nitro benzene ring substituents is 1. The van der Waals surface area contributed by atoms with E-state index in [-0.39, 0.29) is 30.3 Å². The molecule has 0 spiro atoms. The second-order valence-corrected chi connectivity index (χ2v) is 3.98. The van der Waals surface area contributed by atoms with Crippen LogP contribution in [-0.4, -0.2) is 23.7 Å². The van der Waals surface area contributed by atoms with E-state index in [4.69, 9.17) is 5.73 Å². The van der Waals surface area contributed by atoms with Crippen LogP contribution in [0.3, 0.4) is 0 Å². The topological polar surface area (TPSA) is 95.5 Å². The van der Waals surface area contributed by atoms with Gasteiger partial charge < -0.3 is 10.5 Å². The van der Waals surface area contributed by atoms with E-state index in [2.05, 4.69) is 4.74 Å². The van der Waals surface area contributed by atoms with Crippen molar-refractivity contribution >= 4 is 24.1 Å². The fraction of sp³-hybridized carbons (Fsp3) is 0.417. The van der Waals surface area contributed by atoms with Gasteiger partial charge in [0.1, 0.15) is 0 Å². The smallest absolute Gasteiger partial charge is 0.342 e. The third-order valence-electron chi connectivity index (χ3n) is 2.64. The highest BCUT2D eigenvalue weighted by Crippen LogP contribution is 2.25. The fourth-order valence-corrected chi connectivity index (χ4v) is 1.57. The van der Waals surface area contributed by atoms with E-state index in [1.807, 2.05) is 0 Å². The minimum atomic E-state index is -2.05. The Bertz CT molecular complexity index is 498. The lowest BCUT2D eigenvalue weighted by Gasteiger charge is -2.16. The zero-order valence-corrected chi connectivity index (χ0v) is 11.9. The number of carbonyl (C=O) groups is 1. The van der Waals surface area contributed by atoms with E-state index in [1.54, 1.807) is 13.8 Å². The van der Waals surface area contributed by atoms with Crippen LogP contribution in [0.25, 0.3) is 0 Å². The van der Waals surface area contributed by atoms with Gasteiger partial charge in [0.2, 0.25) is 6.17 Å². The van der Waals surface area contributed by atoms with E-state index in [0.29, 0.717) is 5.56 Å². The molecule has 1 aromatic rings. The van der Waals surface area contributed by atoms with Gasteiger partial charge in [0.05, 0.1) is 17.6 Å². The number of rotatable bonds is 5. The Morgan fingerprint density at radius 2 is 2.15 bits per heavy atom. The maximum Gasteiger partial charge on any atom is 0.342 e. The zero-order chi connectivity index (χ0) is 14.6. The summed E-state index contributed by atoms with van der Waals surface area (Å²) in [5, 5.41) is 10.8. The van der Waals surface area contributed by atoms with Crippen molar-refractivity contribution in [3.05, 3.63) is 39.4 Å². The van der Waals surface area contributed by atoms with Crippen molar-refractivity contribution in [2.24, 2.45) is 5.73 Å². The number of alkyl halides is 1. The van der Waals surface area contributed by atoms with Gasteiger partial charge in [-0.2, -0.15) is 0 Å². The molecule has 0 aliphatic rings. The third kappa shape index (κ3) is 4.14. The summed E-state index contributed by atoms with van der Waals surface area (Å²) in [6.07, 6.45) is -2.05. The highest BCUT2D eigenvalue weighted by Gasteiger charge is 2.29. The minimum absolute atomic E-state index is 0. The van der Waals surface area contributed by atoms with Gasteiger partial charge in [-0.25, -0.2) is 9.18 Å². The van der Waals surface area contributed by atoms with Gasteiger partial charge in [0.25, 0.3) is 5.69 Å². The van der Waals surface area contributed by atoms with E-state index in [1.165, 1.54) is 18.2 Å². The van der Waals surface area contributed by atoms with Crippen molar-refractivity contribution in [3.63, 3.8) is 0 Å². The molecule has 0 aliphatic carbocycles. The van der Waals surface area contributed by atoms with E-state index >= 15 is 0 Å². The van der Waals surface area contributed by atoms with Gasteiger partial charge in [-0.05, 0) is 19.4 Å². The van der Waals surface area contributed by atoms with Crippen molar-refractivity contribution < 1.29 is 18.8 Å². The van der Waals surface area contributed by atoms with Crippen LogP contribution < -0.4 is 5.73 Å². The average Bonchev–Trinajstić information content (AvgIpc) is 2.37. The Hall–Kier alpha value is -1.73. The number of nitrogens with two attached hydrogens (primary N) is 1. The summed E-state index contributed by atoms with van der Waals surface area (Å²) in [6, 6.07) is 2.80. The van der Waals surface area contributed by atoms with Crippen LogP contribution in [0.4, 0.5) is 10.1 Å². The molecule has 0 bridgehead atoms. The number of ether oxygens (including phenoxy) is 1. The molecule has 0 aliphatic heterocycles. The minimum Gasteiger partial charge on any atom is -0.464 e. The first-order chi connectivity index (χ1) is 8.88. The predicted octanol–water partition coefficient (Wildman–Crippen LogP) is 2.23. The summed E-state index contributed by atoms with van der Waals surface area (Å²) in [7, 11) is 0. The summed E-state index contributed by atoms with van der Waals surface area (Å²) in [5.41, 5.74) is 6.04. The molecule has 0 aromatic heterocycles. The SMILES string of the molecule is CCOC(=O)C(F)[C@@H](N)c1ccc(C)c([N+](=O)[O-])c1.Cl. The van der Waals surface area contributed by atoms with Crippen molar-refractivity contribution in [1.82, 2.24) is 0 Å². The summed E-state index contributed by atoms with van der Waals surface area (Å²) in [5.74, 6) is -1.07. The molecule has 6 nitrogen and oxygen atoms in total. The second kappa shape index (κ2) is 7.76. The maximum atomic E-state index is 13.7. The van der Waals surface area contributed by atoms with Crippen LogP contribution in [0.15, 0.2) is 18.2 Å². The lowest BCUT2D eigenvalue weighted by atomic mass is 10.0. The van der Waals surface area contributed by atoms with Crippen molar-refractivity contribution in [1.29, 1.82) is 0 Å². The number of benzene rings is 1. The Morgan fingerprint density at radius 1 is 1.55 bits per heavy atom. The first kappa shape index (κ1) is 18.3. The van der Waals surface area contributed by atoms with Crippen LogP contribution in [0.5, 0.6) is 0 Å². The highest BCUT2D eigenvalue weighted by atomic mass is 35.5. The molecule has 112 valence electrons. The van der Waals surface area contributed by atoms with Crippen molar-refractivity contribution in [2.75, 3.05) is 6.61 Å². The standard InChI is InChI=1S/C12H15FN2O4.ClH/c1-3-19-12(16)10(13)11(14)8-5-4-7(2)9(6-8)15(17)18;/h4-6,10-11H,3,14H2,1-2H3;1H/t10?,11-;/m0./s1. The molecule has 20 heavy (non-hydrogen) atoms. The van der Waals surface area contributed by atoms with Gasteiger partial charge in [-0.15, -0.1) is 12.4 Å². The van der Waals surface area contributed by atoms with Gasteiger partial charge in [-0.1, -0.05) is 12.1 Å². The second-order valence-electron chi connectivity index (χ2n) is 3.98. The summed E-state index contributed by atoms with van der Waals surface area (Å²) < 4.78 is 18.2. The van der Waals surface area contributed by atoms with Crippen LogP contribution in [0.2, 0.25) is 0 Å². The summed E-state index contributed by atoms with van der Waals surface area (Å²) in [4.78, 5) is 21.4. The van der Waals surface area contributed by atoms with E-state index in [9.17, 15) is 19.3 Å². The number of esters is 1. The summed E-state index contributed by atoms with van der Waals surface area (Å²) in [6.45, 7) is 3.15. The number of halogens is 2. The number of hydrogen-bond donors (Lipinski definition) is 1. The monoisotopic (exact) mass is 306 g/mol. The first-order valence-electron chi connectivity index (χ1n) is 5.69. The van der Waals surface area contributed by atoms with Crippen LogP contribution in [0.1, 0.15) is 24.1 Å². The van der Waals surface area contributed by atoms with Crippen molar-refractivity contribution in [3.8, 4) is 0 Å². The number of carbonyl (C=O) groups excluding carboxylic acids is 1. The molecule has 2 N–H and O–H groups in total. The van der Waals surface area contributed by atoms with Crippen LogP contribution in [0, 0.1) is 17.0 Å². The number of aryl methyl sites for hydroxylation is 1. The third-order valence-corrected chi connectivity index (χ3v) is 2.64. The van der Waals surface area contributed by atoms with Gasteiger partial charge in [0, 0.05) is 11.6 Å². The molecule has 8 heteroatoms. The Labute approximate surface area is 121 Å². The summed E-state index contributed by atoms with van der Waals surface area (Å²) >= 11 is 0. The fourth-order valence-electron chi connectivity index (χ4n) is 1.57. The molecule has 1 unspecified atom stereocenters. The lowest BCUT2D eigenvalue weighted by Crippen LogP contribution is -2.31. The molecule has 0 heterocycles. The molecular formula is C12H16ClFN2O4. The van der Waals surface area contributed by atoms with Crippen LogP contribution >= 0.6 is 12.4 Å². The van der Waals surface area contributed by atoms with Gasteiger partial charge in [0.15, 0.2) is 0 Å². The van der Waals surface area contributed by atoms with Gasteiger partial charge >= 0.3 is 5.97 Å². The normalized spacial score (nSPS) is 13.0. The Morgan fingerprint density at radius 3 is 2.65 bits per heavy atom. The molecule has 0 amide bonds. The lowest BCUT2D eigenvalue weighted by molar-refractivity contribution is -0.385. The van der Waals surface area contributed by atoms with E-state index in [0.717, 1.165) is 0 Å². The molecule has 1 aromatic carbocycles. The van der Waals surface area contributed by atoms with Gasteiger partial charge in [-0.3, -0.25) is 10.1 Å². The first-order valence-corrected chi connectivity index (χ1v) is 5.69. The predicted molar refractivity (Wildman–Crippen MR) is 73.5 cm³/mol. The molecule has 2 atom stereocenters. The van der Waals surface area contributed by atoms with E-state index < -0.39 is 23.1 Å². The number of nitro groups is 1. The quantitative estimate of drug-likeness (QED) is 0.511. The average molecular weight is 307 g/mol. The molecular weight excluding hydrogens is 291 g/mol. The number of hydrogen-bond acceptors (Lipinski definition) is 5. The zero-order valence-electron chi connectivity index (χ0n) is 11.0. The molecule has 0 saturated heterocycles. The molecule has 0 radical (unpaired) electrons. The largest absolute Gasteiger partial charge is 0.464 e. The Kier molecular flexibility index (Phi) is 7.09. The molecule has 0 fully saturated rings.